The molecule has 0 radical (unpaired) electrons. The van der Waals surface area contributed by atoms with Gasteiger partial charge in [0.2, 0.25) is 0 Å². The maximum atomic E-state index is 6.21. The minimum absolute atomic E-state index is 0.276. The van der Waals surface area contributed by atoms with Crippen molar-refractivity contribution in [2.75, 3.05) is 0 Å². The van der Waals surface area contributed by atoms with Gasteiger partial charge in [0, 0.05) is 12.5 Å². The van der Waals surface area contributed by atoms with Crippen LogP contribution in [0.25, 0.3) is 0 Å². The van der Waals surface area contributed by atoms with Crippen molar-refractivity contribution in [1.82, 2.24) is 0 Å². The lowest BCUT2D eigenvalue weighted by Crippen LogP contribution is -2.41. The van der Waals surface area contributed by atoms with Crippen molar-refractivity contribution in [2.45, 2.75) is 58.9 Å². The maximum Gasteiger partial charge on any atom is 0.0243 e. The molecule has 0 aromatic carbocycles. The molecule has 1 heteroatoms. The van der Waals surface area contributed by atoms with E-state index in [0.29, 0.717) is 11.3 Å². The molecule has 0 aromatic heterocycles. The van der Waals surface area contributed by atoms with Crippen molar-refractivity contribution >= 4 is 0 Å². The van der Waals surface area contributed by atoms with E-state index in [1.54, 1.807) is 0 Å². The Morgan fingerprint density at radius 2 is 2.14 bits per heavy atom. The van der Waals surface area contributed by atoms with Crippen LogP contribution < -0.4 is 5.73 Å². The zero-order chi connectivity index (χ0) is 10.6. The first kappa shape index (κ1) is 11.6. The van der Waals surface area contributed by atoms with Gasteiger partial charge < -0.3 is 5.73 Å². The molecular weight excluding hydrogens is 170 g/mol. The Morgan fingerprint density at radius 3 is 2.71 bits per heavy atom. The Bertz CT molecular complexity index is 231. The molecule has 1 saturated carbocycles. The lowest BCUT2D eigenvalue weighted by Gasteiger charge is -2.41. The van der Waals surface area contributed by atoms with Gasteiger partial charge in [0.05, 0.1) is 0 Å². The molecule has 14 heavy (non-hydrogen) atoms. The number of hydrogen-bond acceptors (Lipinski definition) is 1. The summed E-state index contributed by atoms with van der Waals surface area (Å²) < 4.78 is 0. The standard InChI is InChI=1S/C13H23N/c1-4-5-9-12(14)11-8-6-7-10-13(11,2)3/h11-12H,6-10,14H2,1-3H3. The maximum absolute atomic E-state index is 6.21. The minimum Gasteiger partial charge on any atom is -0.327 e. The number of rotatable bonds is 2. The minimum atomic E-state index is 0.276. The molecule has 2 N–H and O–H groups in total. The number of nitrogens with two attached hydrogens (primary N) is 1. The highest BCUT2D eigenvalue weighted by Gasteiger charge is 2.35. The van der Waals surface area contributed by atoms with E-state index in [2.05, 4.69) is 25.7 Å². The van der Waals surface area contributed by atoms with Crippen LogP contribution in [-0.4, -0.2) is 6.04 Å². The Balaban J connectivity index is 2.58. The van der Waals surface area contributed by atoms with Crippen LogP contribution in [0.4, 0.5) is 0 Å². The topological polar surface area (TPSA) is 26.0 Å². The molecule has 1 nitrogen and oxygen atoms in total. The van der Waals surface area contributed by atoms with E-state index in [1.165, 1.54) is 25.7 Å². The quantitative estimate of drug-likeness (QED) is 0.670. The average molecular weight is 193 g/mol. The highest BCUT2D eigenvalue weighted by atomic mass is 14.7. The summed E-state index contributed by atoms with van der Waals surface area (Å²) in [5, 5.41) is 0. The van der Waals surface area contributed by atoms with Gasteiger partial charge in [0.1, 0.15) is 0 Å². The molecule has 1 aliphatic carbocycles. The molecule has 0 heterocycles. The normalized spacial score (nSPS) is 27.6. The van der Waals surface area contributed by atoms with Crippen molar-refractivity contribution in [1.29, 1.82) is 0 Å². The zero-order valence-electron chi connectivity index (χ0n) is 9.77. The van der Waals surface area contributed by atoms with Crippen LogP contribution in [0.15, 0.2) is 0 Å². The highest BCUT2D eigenvalue weighted by molar-refractivity contribution is 5.01. The molecule has 0 aromatic rings. The van der Waals surface area contributed by atoms with Gasteiger partial charge in [-0.15, -0.1) is 11.8 Å². The molecule has 0 aliphatic heterocycles. The first-order valence-electron chi connectivity index (χ1n) is 5.73. The van der Waals surface area contributed by atoms with Gasteiger partial charge in [-0.1, -0.05) is 26.7 Å². The van der Waals surface area contributed by atoms with E-state index in [9.17, 15) is 0 Å². The second-order valence-corrected chi connectivity index (χ2v) is 5.14. The van der Waals surface area contributed by atoms with Crippen LogP contribution >= 0.6 is 0 Å². The second-order valence-electron chi connectivity index (χ2n) is 5.14. The Morgan fingerprint density at radius 1 is 1.43 bits per heavy atom. The van der Waals surface area contributed by atoms with Crippen LogP contribution in [0.1, 0.15) is 52.9 Å². The van der Waals surface area contributed by atoms with Crippen LogP contribution in [-0.2, 0) is 0 Å². The van der Waals surface area contributed by atoms with Crippen molar-refractivity contribution in [3.63, 3.8) is 0 Å². The van der Waals surface area contributed by atoms with Crippen LogP contribution in [0, 0.1) is 23.2 Å². The highest BCUT2D eigenvalue weighted by Crippen LogP contribution is 2.42. The molecule has 0 spiro atoms. The van der Waals surface area contributed by atoms with E-state index in [1.807, 2.05) is 6.92 Å². The summed E-state index contributed by atoms with van der Waals surface area (Å²) in [4.78, 5) is 0. The Kier molecular flexibility index (Phi) is 4.01. The SMILES string of the molecule is CC#CCC(N)C1CCCCC1(C)C. The summed E-state index contributed by atoms with van der Waals surface area (Å²) in [6.07, 6.45) is 6.20. The fourth-order valence-electron chi connectivity index (χ4n) is 2.68. The van der Waals surface area contributed by atoms with E-state index in [-0.39, 0.29) is 6.04 Å². The van der Waals surface area contributed by atoms with Gasteiger partial charge in [-0.25, -0.2) is 0 Å². The van der Waals surface area contributed by atoms with Gasteiger partial charge in [-0.05, 0) is 31.1 Å². The largest absolute Gasteiger partial charge is 0.327 e. The van der Waals surface area contributed by atoms with Crippen molar-refractivity contribution in [2.24, 2.45) is 17.1 Å². The molecule has 80 valence electrons. The fourth-order valence-corrected chi connectivity index (χ4v) is 2.68. The predicted molar refractivity (Wildman–Crippen MR) is 61.8 cm³/mol. The van der Waals surface area contributed by atoms with E-state index >= 15 is 0 Å². The van der Waals surface area contributed by atoms with Gasteiger partial charge in [-0.3, -0.25) is 0 Å². The molecular formula is C13H23N. The molecule has 2 unspecified atom stereocenters. The fraction of sp³-hybridized carbons (Fsp3) is 0.846. The van der Waals surface area contributed by atoms with Crippen LogP contribution in [0.3, 0.4) is 0 Å². The lowest BCUT2D eigenvalue weighted by atomic mass is 9.65. The smallest absolute Gasteiger partial charge is 0.0243 e. The third-order valence-electron chi connectivity index (χ3n) is 3.62. The average Bonchev–Trinajstić information content (AvgIpc) is 2.13. The van der Waals surface area contributed by atoms with E-state index < -0.39 is 0 Å². The molecule has 0 bridgehead atoms. The molecule has 2 atom stereocenters. The summed E-state index contributed by atoms with van der Waals surface area (Å²) in [6.45, 7) is 6.60. The van der Waals surface area contributed by atoms with Crippen LogP contribution in [0.2, 0.25) is 0 Å². The summed E-state index contributed by atoms with van der Waals surface area (Å²) in [7, 11) is 0. The second kappa shape index (κ2) is 4.84. The Labute approximate surface area is 88.5 Å². The molecule has 1 fully saturated rings. The Hall–Kier alpha value is -0.480. The van der Waals surface area contributed by atoms with Crippen molar-refractivity contribution in [3.05, 3.63) is 0 Å². The summed E-state index contributed by atoms with van der Waals surface area (Å²) >= 11 is 0. The molecule has 0 amide bonds. The van der Waals surface area contributed by atoms with Gasteiger partial charge in [-0.2, -0.15) is 0 Å². The molecule has 1 aliphatic rings. The van der Waals surface area contributed by atoms with Crippen molar-refractivity contribution in [3.8, 4) is 11.8 Å². The monoisotopic (exact) mass is 193 g/mol. The molecule has 1 rings (SSSR count). The zero-order valence-corrected chi connectivity index (χ0v) is 9.77. The first-order chi connectivity index (χ1) is 6.58. The van der Waals surface area contributed by atoms with Crippen molar-refractivity contribution < 1.29 is 0 Å². The first-order valence-corrected chi connectivity index (χ1v) is 5.73. The molecule has 0 saturated heterocycles. The summed E-state index contributed by atoms with van der Waals surface area (Å²) in [5.41, 5.74) is 6.63. The van der Waals surface area contributed by atoms with Gasteiger partial charge in [0.25, 0.3) is 0 Å². The lowest BCUT2D eigenvalue weighted by molar-refractivity contribution is 0.114. The van der Waals surface area contributed by atoms with Crippen LogP contribution in [0.5, 0.6) is 0 Å². The summed E-state index contributed by atoms with van der Waals surface area (Å²) in [6, 6.07) is 0.276. The third-order valence-corrected chi connectivity index (χ3v) is 3.62. The summed E-state index contributed by atoms with van der Waals surface area (Å²) in [5.74, 6) is 6.71. The number of hydrogen-bond donors (Lipinski definition) is 1. The van der Waals surface area contributed by atoms with E-state index in [4.69, 9.17) is 5.73 Å². The third kappa shape index (κ3) is 2.75. The van der Waals surface area contributed by atoms with Gasteiger partial charge >= 0.3 is 0 Å². The predicted octanol–water partition coefficient (Wildman–Crippen LogP) is 2.94. The van der Waals surface area contributed by atoms with Gasteiger partial charge in [0.15, 0.2) is 0 Å². The van der Waals surface area contributed by atoms with E-state index in [0.717, 1.165) is 6.42 Å².